The monoisotopic (exact) mass is 209 g/mol. The first kappa shape index (κ1) is 10.5. The molecule has 0 bridgehead atoms. The lowest BCUT2D eigenvalue weighted by Crippen LogP contribution is -2.36. The van der Waals surface area contributed by atoms with E-state index in [2.05, 4.69) is 34.9 Å². The van der Waals surface area contributed by atoms with Crippen LogP contribution in [0.1, 0.15) is 26.0 Å². The van der Waals surface area contributed by atoms with Gasteiger partial charge in [-0.15, -0.1) is 0 Å². The van der Waals surface area contributed by atoms with Crippen LogP contribution in [0, 0.1) is 6.92 Å². The van der Waals surface area contributed by atoms with Gasteiger partial charge in [-0.3, -0.25) is 0 Å². The Bertz CT molecular complexity index is 340. The molecule has 4 nitrogen and oxygen atoms in total. The third-order valence-corrected chi connectivity index (χ3v) is 2.87. The van der Waals surface area contributed by atoms with Crippen molar-refractivity contribution in [2.75, 3.05) is 18.5 Å². The summed E-state index contributed by atoms with van der Waals surface area (Å²) in [5, 5.41) is 3.48. The van der Waals surface area contributed by atoms with E-state index < -0.39 is 0 Å². The van der Waals surface area contributed by atoms with E-state index in [-0.39, 0.29) is 5.54 Å². The molecule has 84 valence electrons. The van der Waals surface area contributed by atoms with Crippen molar-refractivity contribution in [1.82, 2.24) is 9.55 Å². The molecule has 1 unspecified atom stereocenters. The van der Waals surface area contributed by atoms with Gasteiger partial charge in [0.2, 0.25) is 5.95 Å². The minimum absolute atomic E-state index is 0.0463. The SMILES string of the molecule is CCn1cc(C)nc1NC1(C)CCOC1. The first-order chi connectivity index (χ1) is 7.13. The molecule has 1 atom stereocenters. The highest BCUT2D eigenvalue weighted by atomic mass is 16.5. The topological polar surface area (TPSA) is 39.1 Å². The molecule has 0 saturated carbocycles. The molecule has 0 spiro atoms. The van der Waals surface area contributed by atoms with Crippen molar-refractivity contribution in [1.29, 1.82) is 0 Å². The number of rotatable bonds is 3. The van der Waals surface area contributed by atoms with Gasteiger partial charge in [0.1, 0.15) is 0 Å². The molecule has 1 aromatic rings. The molecule has 0 aliphatic carbocycles. The molecule has 0 aromatic carbocycles. The van der Waals surface area contributed by atoms with Crippen molar-refractivity contribution >= 4 is 5.95 Å². The molecular formula is C11H19N3O. The third-order valence-electron chi connectivity index (χ3n) is 2.87. The standard InChI is InChI=1S/C11H19N3O/c1-4-14-7-9(2)12-10(14)13-11(3)5-6-15-8-11/h7H,4-6,8H2,1-3H3,(H,12,13). The number of ether oxygens (including phenoxy) is 1. The van der Waals surface area contributed by atoms with E-state index in [1.807, 2.05) is 6.92 Å². The zero-order chi connectivity index (χ0) is 10.9. The van der Waals surface area contributed by atoms with Gasteiger partial charge in [0.15, 0.2) is 0 Å². The molecule has 15 heavy (non-hydrogen) atoms. The van der Waals surface area contributed by atoms with Crippen LogP contribution in [0.3, 0.4) is 0 Å². The molecular weight excluding hydrogens is 190 g/mol. The number of aromatic nitrogens is 2. The quantitative estimate of drug-likeness (QED) is 0.825. The minimum Gasteiger partial charge on any atom is -0.379 e. The van der Waals surface area contributed by atoms with Crippen LogP contribution in [0.15, 0.2) is 6.20 Å². The third kappa shape index (κ3) is 2.15. The summed E-state index contributed by atoms with van der Waals surface area (Å²) in [4.78, 5) is 4.49. The summed E-state index contributed by atoms with van der Waals surface area (Å²) in [6.07, 6.45) is 3.12. The smallest absolute Gasteiger partial charge is 0.203 e. The summed E-state index contributed by atoms with van der Waals surface area (Å²) < 4.78 is 7.55. The summed E-state index contributed by atoms with van der Waals surface area (Å²) in [5.74, 6) is 0.961. The second kappa shape index (κ2) is 3.85. The largest absolute Gasteiger partial charge is 0.379 e. The number of hydrogen-bond acceptors (Lipinski definition) is 3. The Hall–Kier alpha value is -1.03. The van der Waals surface area contributed by atoms with Crippen LogP contribution in [0.25, 0.3) is 0 Å². The van der Waals surface area contributed by atoms with Gasteiger partial charge in [-0.2, -0.15) is 0 Å². The van der Waals surface area contributed by atoms with Gasteiger partial charge in [-0.25, -0.2) is 4.98 Å². The van der Waals surface area contributed by atoms with E-state index in [9.17, 15) is 0 Å². The van der Waals surface area contributed by atoms with Gasteiger partial charge >= 0.3 is 0 Å². The molecule has 1 saturated heterocycles. The van der Waals surface area contributed by atoms with Gasteiger partial charge in [-0.05, 0) is 27.2 Å². The average Bonchev–Trinajstić information content (AvgIpc) is 2.73. The lowest BCUT2D eigenvalue weighted by atomic mass is 10.0. The van der Waals surface area contributed by atoms with Gasteiger partial charge in [-0.1, -0.05) is 0 Å². The molecule has 4 heteroatoms. The summed E-state index contributed by atoms with van der Waals surface area (Å²) in [7, 11) is 0. The van der Waals surface area contributed by atoms with Crippen molar-refractivity contribution in [2.24, 2.45) is 0 Å². The first-order valence-electron chi connectivity index (χ1n) is 5.53. The van der Waals surface area contributed by atoms with E-state index in [1.54, 1.807) is 0 Å². The highest BCUT2D eigenvalue weighted by Crippen LogP contribution is 2.23. The molecule has 1 N–H and O–H groups in total. The Labute approximate surface area is 90.6 Å². The van der Waals surface area contributed by atoms with Crippen LogP contribution < -0.4 is 5.32 Å². The van der Waals surface area contributed by atoms with E-state index in [4.69, 9.17) is 4.74 Å². The maximum atomic E-state index is 5.41. The highest BCUT2D eigenvalue weighted by Gasteiger charge is 2.30. The van der Waals surface area contributed by atoms with Gasteiger partial charge < -0.3 is 14.6 Å². The fourth-order valence-electron chi connectivity index (χ4n) is 1.92. The number of aryl methyl sites for hydroxylation is 2. The maximum absolute atomic E-state index is 5.41. The van der Waals surface area contributed by atoms with Gasteiger partial charge in [0.25, 0.3) is 0 Å². The average molecular weight is 209 g/mol. The van der Waals surface area contributed by atoms with Crippen LogP contribution in [-0.2, 0) is 11.3 Å². The first-order valence-corrected chi connectivity index (χ1v) is 5.53. The Morgan fingerprint density at radius 3 is 3.07 bits per heavy atom. The molecule has 1 fully saturated rings. The predicted octanol–water partition coefficient (Wildman–Crippen LogP) is 1.80. The molecule has 2 heterocycles. The highest BCUT2D eigenvalue weighted by molar-refractivity contribution is 5.33. The van der Waals surface area contributed by atoms with Crippen LogP contribution >= 0.6 is 0 Å². The number of hydrogen-bond donors (Lipinski definition) is 1. The molecule has 1 aromatic heterocycles. The van der Waals surface area contributed by atoms with E-state index >= 15 is 0 Å². The van der Waals surface area contributed by atoms with Gasteiger partial charge in [0, 0.05) is 19.3 Å². The summed E-state index contributed by atoms with van der Waals surface area (Å²) >= 11 is 0. The maximum Gasteiger partial charge on any atom is 0.203 e. The fraction of sp³-hybridized carbons (Fsp3) is 0.727. The van der Waals surface area contributed by atoms with Crippen molar-refractivity contribution < 1.29 is 4.74 Å². The number of imidazole rings is 1. The summed E-state index contributed by atoms with van der Waals surface area (Å²) in [6, 6.07) is 0. The Morgan fingerprint density at radius 1 is 1.67 bits per heavy atom. The normalized spacial score (nSPS) is 25.8. The number of nitrogens with one attached hydrogen (secondary N) is 1. The van der Waals surface area contributed by atoms with Crippen molar-refractivity contribution in [3.05, 3.63) is 11.9 Å². The Balaban J connectivity index is 2.15. The fourth-order valence-corrected chi connectivity index (χ4v) is 1.92. The molecule has 2 rings (SSSR count). The molecule has 0 radical (unpaired) electrons. The van der Waals surface area contributed by atoms with Crippen LogP contribution in [0.4, 0.5) is 5.95 Å². The van der Waals surface area contributed by atoms with Crippen LogP contribution in [0.2, 0.25) is 0 Å². The lowest BCUT2D eigenvalue weighted by Gasteiger charge is -2.24. The second-order valence-electron chi connectivity index (χ2n) is 4.48. The molecule has 0 amide bonds. The van der Waals surface area contributed by atoms with E-state index in [1.165, 1.54) is 0 Å². The van der Waals surface area contributed by atoms with Crippen LogP contribution in [0.5, 0.6) is 0 Å². The zero-order valence-corrected chi connectivity index (χ0v) is 9.71. The van der Waals surface area contributed by atoms with Crippen molar-refractivity contribution in [2.45, 2.75) is 39.3 Å². The minimum atomic E-state index is 0.0463. The van der Waals surface area contributed by atoms with Crippen LogP contribution in [-0.4, -0.2) is 28.3 Å². The van der Waals surface area contributed by atoms with E-state index in [0.29, 0.717) is 0 Å². The van der Waals surface area contributed by atoms with Crippen molar-refractivity contribution in [3.8, 4) is 0 Å². The number of anilines is 1. The van der Waals surface area contributed by atoms with Crippen molar-refractivity contribution in [3.63, 3.8) is 0 Å². The lowest BCUT2D eigenvalue weighted by molar-refractivity contribution is 0.185. The summed E-state index contributed by atoms with van der Waals surface area (Å²) in [5.41, 5.74) is 1.10. The molecule has 1 aliphatic rings. The van der Waals surface area contributed by atoms with E-state index in [0.717, 1.165) is 37.8 Å². The predicted molar refractivity (Wildman–Crippen MR) is 60.1 cm³/mol. The van der Waals surface area contributed by atoms with Gasteiger partial charge in [0.05, 0.1) is 17.8 Å². The Morgan fingerprint density at radius 2 is 2.47 bits per heavy atom. The summed E-state index contributed by atoms with van der Waals surface area (Å²) in [6.45, 7) is 8.88. The second-order valence-corrected chi connectivity index (χ2v) is 4.48. The zero-order valence-electron chi connectivity index (χ0n) is 9.71. The molecule has 1 aliphatic heterocycles. The number of nitrogens with zero attached hydrogens (tertiary/aromatic N) is 2. The Kier molecular flexibility index (Phi) is 2.69.